The minimum Gasteiger partial charge on any atom is -0.481 e. The number of carbonyl (C=O) groups excluding carboxylic acids is 1. The minimum atomic E-state index is -0.813. The zero-order valence-corrected chi connectivity index (χ0v) is 15.1. The summed E-state index contributed by atoms with van der Waals surface area (Å²) < 4.78 is 5.42. The normalized spacial score (nSPS) is 21.3. The molecule has 1 spiro atoms. The van der Waals surface area contributed by atoms with Gasteiger partial charge in [-0.1, -0.05) is 42.5 Å². The Labute approximate surface area is 158 Å². The van der Waals surface area contributed by atoms with Gasteiger partial charge < -0.3 is 14.7 Å². The summed E-state index contributed by atoms with van der Waals surface area (Å²) in [6.07, 6.45) is 1.39. The van der Waals surface area contributed by atoms with E-state index in [1.165, 1.54) is 0 Å². The lowest BCUT2D eigenvalue weighted by atomic mass is 9.72. The first-order chi connectivity index (χ1) is 13.1. The second-order valence-electron chi connectivity index (χ2n) is 7.49. The van der Waals surface area contributed by atoms with Gasteiger partial charge in [0.1, 0.15) is 0 Å². The van der Waals surface area contributed by atoms with E-state index in [1.54, 1.807) is 4.90 Å². The number of carbonyl (C=O) groups is 2. The van der Waals surface area contributed by atoms with Crippen molar-refractivity contribution in [1.29, 1.82) is 0 Å². The number of nitrogens with zero attached hydrogens (tertiary/aromatic N) is 1. The largest absolute Gasteiger partial charge is 0.481 e. The van der Waals surface area contributed by atoms with Gasteiger partial charge >= 0.3 is 5.97 Å². The predicted octanol–water partition coefficient (Wildman–Crippen LogP) is 3.31. The number of aliphatic carboxylic acids is 1. The van der Waals surface area contributed by atoms with Crippen LogP contribution in [-0.4, -0.2) is 48.2 Å². The second kappa shape index (κ2) is 7.16. The van der Waals surface area contributed by atoms with Gasteiger partial charge in [0.15, 0.2) is 0 Å². The molecule has 2 aromatic carbocycles. The highest BCUT2D eigenvalue weighted by atomic mass is 16.5. The number of benzene rings is 2. The Bertz CT molecular complexity index is 825. The molecule has 5 nitrogen and oxygen atoms in total. The van der Waals surface area contributed by atoms with Crippen LogP contribution in [0.15, 0.2) is 54.6 Å². The molecular weight excluding hydrogens is 342 g/mol. The van der Waals surface area contributed by atoms with Crippen LogP contribution in [-0.2, 0) is 9.53 Å². The molecular formula is C22H23NO4. The maximum absolute atomic E-state index is 13.0. The van der Waals surface area contributed by atoms with Gasteiger partial charge in [0, 0.05) is 37.3 Å². The number of carboxylic acids is 1. The van der Waals surface area contributed by atoms with Gasteiger partial charge in [-0.25, -0.2) is 0 Å². The third-order valence-corrected chi connectivity index (χ3v) is 5.96. The average molecular weight is 365 g/mol. The van der Waals surface area contributed by atoms with Crippen LogP contribution in [0.3, 0.4) is 0 Å². The molecule has 2 aromatic rings. The van der Waals surface area contributed by atoms with Crippen molar-refractivity contribution in [3.8, 4) is 11.1 Å². The summed E-state index contributed by atoms with van der Waals surface area (Å²) >= 11 is 0. The van der Waals surface area contributed by atoms with E-state index in [2.05, 4.69) is 0 Å². The highest BCUT2D eigenvalue weighted by Crippen LogP contribution is 2.44. The van der Waals surface area contributed by atoms with E-state index >= 15 is 0 Å². The molecule has 5 heteroatoms. The standard InChI is InChI=1S/C22H23NO4/c24-20(18-8-6-17(7-9-18)16-4-2-1-3-5-16)23-14-19(21(25)26)22(15-23)10-12-27-13-11-22/h1-9,19H,10-15H2,(H,25,26). The molecule has 2 fully saturated rings. The van der Waals surface area contributed by atoms with Crippen LogP contribution in [0, 0.1) is 11.3 Å². The summed E-state index contributed by atoms with van der Waals surface area (Å²) in [5.41, 5.74) is 2.40. The van der Waals surface area contributed by atoms with Gasteiger partial charge in [0.05, 0.1) is 5.92 Å². The van der Waals surface area contributed by atoms with Gasteiger partial charge in [-0.2, -0.15) is 0 Å². The molecule has 2 saturated heterocycles. The summed E-state index contributed by atoms with van der Waals surface area (Å²) in [5.74, 6) is -1.43. The Hall–Kier alpha value is -2.66. The Morgan fingerprint density at radius 1 is 0.963 bits per heavy atom. The molecule has 4 rings (SSSR count). The van der Waals surface area contributed by atoms with E-state index in [1.807, 2.05) is 54.6 Å². The molecule has 2 aliphatic rings. The average Bonchev–Trinajstić information content (AvgIpc) is 3.07. The number of rotatable bonds is 3. The lowest BCUT2D eigenvalue weighted by molar-refractivity contribution is -0.146. The summed E-state index contributed by atoms with van der Waals surface area (Å²) in [4.78, 5) is 26.5. The fraction of sp³-hybridized carbons (Fsp3) is 0.364. The molecule has 0 aliphatic carbocycles. The van der Waals surface area contributed by atoms with Crippen molar-refractivity contribution < 1.29 is 19.4 Å². The Morgan fingerprint density at radius 2 is 1.59 bits per heavy atom. The van der Waals surface area contributed by atoms with E-state index in [9.17, 15) is 14.7 Å². The Morgan fingerprint density at radius 3 is 2.22 bits per heavy atom. The van der Waals surface area contributed by atoms with Crippen LogP contribution in [0.25, 0.3) is 11.1 Å². The van der Waals surface area contributed by atoms with Crippen LogP contribution < -0.4 is 0 Å². The number of likely N-dealkylation sites (tertiary alicyclic amines) is 1. The smallest absolute Gasteiger partial charge is 0.308 e. The highest BCUT2D eigenvalue weighted by molar-refractivity contribution is 5.95. The maximum Gasteiger partial charge on any atom is 0.308 e. The van der Waals surface area contributed by atoms with Crippen LogP contribution >= 0.6 is 0 Å². The molecule has 27 heavy (non-hydrogen) atoms. The van der Waals surface area contributed by atoms with Crippen molar-refractivity contribution in [1.82, 2.24) is 4.90 Å². The number of ether oxygens (including phenoxy) is 1. The molecule has 2 aliphatic heterocycles. The zero-order valence-electron chi connectivity index (χ0n) is 15.1. The van der Waals surface area contributed by atoms with Crippen molar-refractivity contribution in [3.05, 3.63) is 60.2 Å². The predicted molar refractivity (Wildman–Crippen MR) is 101 cm³/mol. The van der Waals surface area contributed by atoms with Gasteiger partial charge in [-0.15, -0.1) is 0 Å². The van der Waals surface area contributed by atoms with Crippen molar-refractivity contribution in [2.45, 2.75) is 12.8 Å². The Kier molecular flexibility index (Phi) is 4.70. The molecule has 0 bridgehead atoms. The van der Waals surface area contributed by atoms with E-state index in [-0.39, 0.29) is 17.9 Å². The number of hydrogen-bond donors (Lipinski definition) is 1. The van der Waals surface area contributed by atoms with Gasteiger partial charge in [0.25, 0.3) is 5.91 Å². The summed E-state index contributed by atoms with van der Waals surface area (Å²) in [7, 11) is 0. The first-order valence-electron chi connectivity index (χ1n) is 9.34. The number of hydrogen-bond acceptors (Lipinski definition) is 3. The Balaban J connectivity index is 1.53. The first-order valence-corrected chi connectivity index (χ1v) is 9.34. The van der Waals surface area contributed by atoms with Crippen molar-refractivity contribution >= 4 is 11.9 Å². The lowest BCUT2D eigenvalue weighted by Gasteiger charge is -2.36. The van der Waals surface area contributed by atoms with Crippen molar-refractivity contribution in [3.63, 3.8) is 0 Å². The monoisotopic (exact) mass is 365 g/mol. The molecule has 0 radical (unpaired) electrons. The summed E-state index contributed by atoms with van der Waals surface area (Å²) in [6, 6.07) is 17.5. The molecule has 1 unspecified atom stereocenters. The topological polar surface area (TPSA) is 66.8 Å². The maximum atomic E-state index is 13.0. The van der Waals surface area contributed by atoms with Crippen molar-refractivity contribution in [2.75, 3.05) is 26.3 Å². The van der Waals surface area contributed by atoms with E-state index in [0.717, 1.165) is 11.1 Å². The molecule has 1 N–H and O–H groups in total. The number of carboxylic acid groups (broad SMARTS) is 1. The van der Waals surface area contributed by atoms with Crippen LogP contribution in [0.5, 0.6) is 0 Å². The van der Waals surface area contributed by atoms with Crippen molar-refractivity contribution in [2.24, 2.45) is 11.3 Å². The fourth-order valence-electron chi connectivity index (χ4n) is 4.37. The van der Waals surface area contributed by atoms with E-state index in [0.29, 0.717) is 38.2 Å². The zero-order chi connectivity index (χ0) is 18.9. The quantitative estimate of drug-likeness (QED) is 0.906. The molecule has 2 heterocycles. The summed E-state index contributed by atoms with van der Waals surface area (Å²) in [6.45, 7) is 1.90. The molecule has 0 aromatic heterocycles. The fourth-order valence-corrected chi connectivity index (χ4v) is 4.37. The van der Waals surface area contributed by atoms with Gasteiger partial charge in [-0.05, 0) is 36.1 Å². The minimum absolute atomic E-state index is 0.0933. The van der Waals surface area contributed by atoms with Gasteiger partial charge in [-0.3, -0.25) is 9.59 Å². The molecule has 1 amide bonds. The molecule has 0 saturated carbocycles. The number of amides is 1. The molecule has 1 atom stereocenters. The second-order valence-corrected chi connectivity index (χ2v) is 7.49. The van der Waals surface area contributed by atoms with Gasteiger partial charge in [0.2, 0.25) is 0 Å². The van der Waals surface area contributed by atoms with Crippen LogP contribution in [0.2, 0.25) is 0 Å². The van der Waals surface area contributed by atoms with Crippen LogP contribution in [0.1, 0.15) is 23.2 Å². The van der Waals surface area contributed by atoms with E-state index in [4.69, 9.17) is 4.74 Å². The first kappa shape index (κ1) is 17.7. The third kappa shape index (κ3) is 3.35. The van der Waals surface area contributed by atoms with E-state index < -0.39 is 11.9 Å². The SMILES string of the molecule is O=C(O)C1CN(C(=O)c2ccc(-c3ccccc3)cc2)CC12CCOCC2. The highest BCUT2D eigenvalue weighted by Gasteiger charge is 2.52. The summed E-state index contributed by atoms with van der Waals surface area (Å²) in [5, 5.41) is 9.68. The molecule has 140 valence electrons. The lowest BCUT2D eigenvalue weighted by Crippen LogP contribution is -2.40. The third-order valence-electron chi connectivity index (χ3n) is 5.96. The van der Waals surface area contributed by atoms with Crippen LogP contribution in [0.4, 0.5) is 0 Å².